The maximum Gasteiger partial charge on any atom is 0.382 e. The highest BCUT2D eigenvalue weighted by Gasteiger charge is 2.12. The van der Waals surface area contributed by atoms with E-state index in [0.29, 0.717) is 11.5 Å². The summed E-state index contributed by atoms with van der Waals surface area (Å²) in [5.41, 5.74) is 0.506. The van der Waals surface area contributed by atoms with E-state index >= 15 is 0 Å². The fourth-order valence-corrected chi connectivity index (χ4v) is 1.54. The number of nitrogens with zero attached hydrogens (tertiary/aromatic N) is 3. The fourth-order valence-electron chi connectivity index (χ4n) is 1.54. The average molecular weight is 232 g/mol. The lowest BCUT2D eigenvalue weighted by atomic mass is 10.3. The Kier molecular flexibility index (Phi) is 3.52. The Bertz CT molecular complexity index is 455. The monoisotopic (exact) mass is 232 g/mol. The third-order valence-corrected chi connectivity index (χ3v) is 2.35. The van der Waals surface area contributed by atoms with Gasteiger partial charge in [-0.05, 0) is 0 Å². The summed E-state index contributed by atoms with van der Waals surface area (Å²) < 4.78 is 0. The fraction of sp³-hybridized carbons (Fsp3) is 0.364. The van der Waals surface area contributed by atoms with Gasteiger partial charge < -0.3 is 15.3 Å². The lowest BCUT2D eigenvalue weighted by Crippen LogP contribution is -2.44. The van der Waals surface area contributed by atoms with Crippen LogP contribution in [-0.2, 0) is 4.79 Å². The molecule has 2 rings (SSSR count). The van der Waals surface area contributed by atoms with Gasteiger partial charge in [-0.1, -0.05) is 5.92 Å². The SMILES string of the molecule is O=C(O)C#Cc1cnc(N2CCNCC2)nc1. The number of rotatable bonds is 1. The number of aromatic nitrogens is 2. The Morgan fingerprint density at radius 1 is 1.35 bits per heavy atom. The molecule has 1 saturated heterocycles. The van der Waals surface area contributed by atoms with E-state index in [1.807, 2.05) is 5.92 Å². The molecule has 0 unspecified atom stereocenters. The minimum absolute atomic E-state index is 0.506. The van der Waals surface area contributed by atoms with Crippen molar-refractivity contribution in [2.75, 3.05) is 31.1 Å². The molecule has 1 aromatic rings. The van der Waals surface area contributed by atoms with Crippen molar-refractivity contribution in [3.8, 4) is 11.8 Å². The van der Waals surface area contributed by atoms with E-state index in [-0.39, 0.29) is 0 Å². The van der Waals surface area contributed by atoms with Gasteiger partial charge in [0.05, 0.1) is 5.56 Å². The predicted molar refractivity (Wildman–Crippen MR) is 61.6 cm³/mol. The number of nitrogens with one attached hydrogen (secondary N) is 1. The Morgan fingerprint density at radius 2 is 2.00 bits per heavy atom. The van der Waals surface area contributed by atoms with Crippen molar-refractivity contribution in [3.63, 3.8) is 0 Å². The summed E-state index contributed by atoms with van der Waals surface area (Å²) in [6, 6.07) is 0. The summed E-state index contributed by atoms with van der Waals surface area (Å²) in [4.78, 5) is 20.7. The van der Waals surface area contributed by atoms with E-state index in [1.165, 1.54) is 0 Å². The molecule has 6 nitrogen and oxygen atoms in total. The standard InChI is InChI=1S/C11H12N4O2/c16-10(17)2-1-9-7-13-11(14-8-9)15-5-3-12-4-6-15/h7-8,12H,3-6H2,(H,16,17). The second-order valence-electron chi connectivity index (χ2n) is 3.56. The maximum atomic E-state index is 10.3. The molecular weight excluding hydrogens is 220 g/mol. The molecule has 2 heterocycles. The number of anilines is 1. The molecule has 1 fully saturated rings. The number of carboxylic acid groups (broad SMARTS) is 1. The molecule has 88 valence electrons. The lowest BCUT2D eigenvalue weighted by molar-refractivity contribution is -0.130. The van der Waals surface area contributed by atoms with E-state index in [0.717, 1.165) is 26.2 Å². The quantitative estimate of drug-likeness (QED) is 0.625. The molecule has 6 heteroatoms. The average Bonchev–Trinajstić information content (AvgIpc) is 2.38. The third kappa shape index (κ3) is 3.16. The van der Waals surface area contributed by atoms with Crippen molar-refractivity contribution in [2.24, 2.45) is 0 Å². The van der Waals surface area contributed by atoms with Crippen LogP contribution in [0.3, 0.4) is 0 Å². The molecule has 1 aliphatic rings. The van der Waals surface area contributed by atoms with Crippen molar-refractivity contribution >= 4 is 11.9 Å². The summed E-state index contributed by atoms with van der Waals surface area (Å²) >= 11 is 0. The summed E-state index contributed by atoms with van der Waals surface area (Å²) in [7, 11) is 0. The lowest BCUT2D eigenvalue weighted by Gasteiger charge is -2.27. The molecule has 0 aliphatic carbocycles. The third-order valence-electron chi connectivity index (χ3n) is 2.35. The van der Waals surface area contributed by atoms with Gasteiger partial charge in [0.15, 0.2) is 0 Å². The molecule has 17 heavy (non-hydrogen) atoms. The van der Waals surface area contributed by atoms with Crippen molar-refractivity contribution in [3.05, 3.63) is 18.0 Å². The highest BCUT2D eigenvalue weighted by atomic mass is 16.4. The van der Waals surface area contributed by atoms with Gasteiger partial charge in [0.1, 0.15) is 0 Å². The number of piperazine rings is 1. The molecule has 0 amide bonds. The number of carboxylic acids is 1. The van der Waals surface area contributed by atoms with Crippen LogP contribution >= 0.6 is 0 Å². The molecule has 0 bridgehead atoms. The van der Waals surface area contributed by atoms with E-state index in [1.54, 1.807) is 12.4 Å². The molecular formula is C11H12N4O2. The van der Waals surface area contributed by atoms with Gasteiger partial charge in [0.2, 0.25) is 5.95 Å². The van der Waals surface area contributed by atoms with Gasteiger partial charge in [0, 0.05) is 44.5 Å². The first-order valence-corrected chi connectivity index (χ1v) is 5.28. The molecule has 1 aliphatic heterocycles. The Morgan fingerprint density at radius 3 is 2.59 bits per heavy atom. The van der Waals surface area contributed by atoms with Crippen LogP contribution in [0, 0.1) is 11.8 Å². The van der Waals surface area contributed by atoms with Gasteiger partial charge >= 0.3 is 5.97 Å². The highest BCUT2D eigenvalue weighted by molar-refractivity contribution is 5.87. The summed E-state index contributed by atoms with van der Waals surface area (Å²) in [6.45, 7) is 3.59. The first kappa shape index (κ1) is 11.4. The Balaban J connectivity index is 2.07. The second kappa shape index (κ2) is 5.27. The normalized spacial score (nSPS) is 14.9. The summed E-state index contributed by atoms with van der Waals surface area (Å²) in [6.07, 6.45) is 3.08. The van der Waals surface area contributed by atoms with Gasteiger partial charge in [-0.15, -0.1) is 0 Å². The van der Waals surface area contributed by atoms with Crippen LogP contribution in [0.4, 0.5) is 5.95 Å². The first-order valence-electron chi connectivity index (χ1n) is 5.28. The molecule has 0 aromatic carbocycles. The Labute approximate surface area is 98.7 Å². The van der Waals surface area contributed by atoms with Crippen LogP contribution in [-0.4, -0.2) is 47.2 Å². The van der Waals surface area contributed by atoms with Gasteiger partial charge in [0.25, 0.3) is 0 Å². The smallest absolute Gasteiger partial charge is 0.382 e. The minimum atomic E-state index is -1.16. The number of hydrogen-bond donors (Lipinski definition) is 2. The van der Waals surface area contributed by atoms with E-state index in [2.05, 4.69) is 26.1 Å². The Hall–Kier alpha value is -2.13. The zero-order chi connectivity index (χ0) is 12.1. The van der Waals surface area contributed by atoms with Crippen LogP contribution < -0.4 is 10.2 Å². The molecule has 0 atom stereocenters. The number of aliphatic carboxylic acids is 1. The van der Waals surface area contributed by atoms with Gasteiger partial charge in [-0.3, -0.25) is 0 Å². The predicted octanol–water partition coefficient (Wildman–Crippen LogP) is -0.678. The topological polar surface area (TPSA) is 78.3 Å². The van der Waals surface area contributed by atoms with Crippen molar-refractivity contribution in [1.29, 1.82) is 0 Å². The molecule has 0 saturated carbocycles. The van der Waals surface area contributed by atoms with Crippen LogP contribution in [0.15, 0.2) is 12.4 Å². The highest BCUT2D eigenvalue weighted by Crippen LogP contribution is 2.07. The second-order valence-corrected chi connectivity index (χ2v) is 3.56. The summed E-state index contributed by atoms with van der Waals surface area (Å²) in [5.74, 6) is 4.00. The van der Waals surface area contributed by atoms with E-state index in [9.17, 15) is 4.79 Å². The van der Waals surface area contributed by atoms with E-state index in [4.69, 9.17) is 5.11 Å². The van der Waals surface area contributed by atoms with Crippen LogP contribution in [0.25, 0.3) is 0 Å². The van der Waals surface area contributed by atoms with Crippen molar-refractivity contribution in [2.45, 2.75) is 0 Å². The molecule has 1 aromatic heterocycles. The molecule has 2 N–H and O–H groups in total. The number of carbonyl (C=O) groups is 1. The minimum Gasteiger partial charge on any atom is -0.472 e. The van der Waals surface area contributed by atoms with E-state index < -0.39 is 5.97 Å². The van der Waals surface area contributed by atoms with Crippen molar-refractivity contribution in [1.82, 2.24) is 15.3 Å². The first-order chi connectivity index (χ1) is 8.25. The maximum absolute atomic E-state index is 10.3. The van der Waals surface area contributed by atoms with Gasteiger partial charge in [-0.2, -0.15) is 0 Å². The van der Waals surface area contributed by atoms with Crippen LogP contribution in [0.1, 0.15) is 5.56 Å². The largest absolute Gasteiger partial charge is 0.472 e. The molecule has 0 spiro atoms. The van der Waals surface area contributed by atoms with Gasteiger partial charge in [-0.25, -0.2) is 14.8 Å². The van der Waals surface area contributed by atoms with Crippen molar-refractivity contribution < 1.29 is 9.90 Å². The van der Waals surface area contributed by atoms with Crippen LogP contribution in [0.2, 0.25) is 0 Å². The molecule has 0 radical (unpaired) electrons. The summed E-state index contributed by atoms with van der Waals surface area (Å²) in [5, 5.41) is 11.6. The zero-order valence-corrected chi connectivity index (χ0v) is 9.18. The zero-order valence-electron chi connectivity index (χ0n) is 9.18. The van der Waals surface area contributed by atoms with Crippen LogP contribution in [0.5, 0.6) is 0 Å². The number of hydrogen-bond acceptors (Lipinski definition) is 5.